The van der Waals surface area contributed by atoms with Gasteiger partial charge in [0.05, 0.1) is 21.6 Å². The SMILES string of the molecule is CC(C)c1nc2c(c(-c3ccc(F)cc3)c1C(F)c1ccc(S(=O)(=O)c3ccccc3)cc1)C(O)CCC2. The van der Waals surface area contributed by atoms with Crippen LogP contribution in [0.2, 0.25) is 0 Å². The van der Waals surface area contributed by atoms with Crippen molar-refractivity contribution in [2.24, 2.45) is 0 Å². The smallest absolute Gasteiger partial charge is 0.206 e. The summed E-state index contributed by atoms with van der Waals surface area (Å²) in [5.41, 5.74) is 3.65. The Balaban J connectivity index is 1.67. The minimum atomic E-state index is -3.75. The van der Waals surface area contributed by atoms with Gasteiger partial charge in [-0.05, 0) is 78.3 Å². The summed E-state index contributed by atoms with van der Waals surface area (Å²) in [6.07, 6.45) is -0.475. The van der Waals surface area contributed by atoms with Crippen LogP contribution in [0.15, 0.2) is 88.7 Å². The van der Waals surface area contributed by atoms with Gasteiger partial charge in [0.25, 0.3) is 0 Å². The molecule has 5 rings (SSSR count). The largest absolute Gasteiger partial charge is 0.388 e. The highest BCUT2D eigenvalue weighted by Gasteiger charge is 2.32. The van der Waals surface area contributed by atoms with Crippen LogP contribution in [0.1, 0.15) is 73.0 Å². The van der Waals surface area contributed by atoms with E-state index in [4.69, 9.17) is 4.98 Å². The van der Waals surface area contributed by atoms with E-state index < -0.39 is 27.9 Å². The first-order valence-electron chi connectivity index (χ1n) is 12.7. The van der Waals surface area contributed by atoms with E-state index >= 15 is 4.39 Å². The maximum Gasteiger partial charge on any atom is 0.206 e. The van der Waals surface area contributed by atoms with Crippen LogP contribution >= 0.6 is 0 Å². The number of pyridine rings is 1. The summed E-state index contributed by atoms with van der Waals surface area (Å²) >= 11 is 0. The summed E-state index contributed by atoms with van der Waals surface area (Å²) in [5, 5.41) is 11.0. The quantitative estimate of drug-likeness (QED) is 0.283. The molecule has 0 radical (unpaired) electrons. The number of aryl methyl sites for hydroxylation is 1. The van der Waals surface area contributed by atoms with Gasteiger partial charge in [0.2, 0.25) is 9.84 Å². The Bertz CT molecular complexity index is 1550. The van der Waals surface area contributed by atoms with Gasteiger partial charge in [-0.15, -0.1) is 0 Å². The number of benzene rings is 3. The number of sulfone groups is 1. The Morgan fingerprint density at radius 2 is 1.55 bits per heavy atom. The molecule has 1 heterocycles. The summed E-state index contributed by atoms with van der Waals surface area (Å²) in [6, 6.07) is 19.7. The topological polar surface area (TPSA) is 67.3 Å². The number of aliphatic hydroxyl groups is 1. The maximum atomic E-state index is 16.6. The number of hydrogen-bond acceptors (Lipinski definition) is 4. The van der Waals surface area contributed by atoms with Crippen LogP contribution in [-0.2, 0) is 16.3 Å². The standard InChI is InChI=1S/C31H29F2NO3S/c1-19(2)31-29(27(20-11-15-22(32)16-12-20)28-25(34-31)9-6-10-26(28)35)30(33)21-13-17-24(18-14-21)38(36,37)23-7-4-3-5-8-23/h3-5,7-8,11-19,26,30,35H,6,9-10H2,1-2H3. The minimum Gasteiger partial charge on any atom is -0.388 e. The fourth-order valence-corrected chi connectivity index (χ4v) is 6.46. The highest BCUT2D eigenvalue weighted by atomic mass is 32.2. The summed E-state index contributed by atoms with van der Waals surface area (Å²) in [7, 11) is -3.75. The van der Waals surface area contributed by atoms with Crippen molar-refractivity contribution in [3.63, 3.8) is 0 Å². The Morgan fingerprint density at radius 3 is 2.18 bits per heavy atom. The van der Waals surface area contributed by atoms with Crippen molar-refractivity contribution in [1.82, 2.24) is 4.98 Å². The molecule has 0 fully saturated rings. The molecule has 0 bridgehead atoms. The van der Waals surface area contributed by atoms with Crippen LogP contribution in [0, 0.1) is 5.82 Å². The first-order chi connectivity index (χ1) is 18.2. The molecule has 0 amide bonds. The van der Waals surface area contributed by atoms with Gasteiger partial charge in [-0.25, -0.2) is 17.2 Å². The van der Waals surface area contributed by atoms with Gasteiger partial charge in [-0.3, -0.25) is 4.98 Å². The average molecular weight is 534 g/mol. The number of alkyl halides is 1. The molecular weight excluding hydrogens is 504 g/mol. The van der Waals surface area contributed by atoms with Gasteiger partial charge in [0, 0.05) is 16.8 Å². The van der Waals surface area contributed by atoms with Crippen molar-refractivity contribution in [2.45, 2.75) is 61.1 Å². The van der Waals surface area contributed by atoms with Crippen LogP contribution in [-0.4, -0.2) is 18.5 Å². The molecule has 1 N–H and O–H groups in total. The van der Waals surface area contributed by atoms with Gasteiger partial charge >= 0.3 is 0 Å². The lowest BCUT2D eigenvalue weighted by Gasteiger charge is -2.30. The third-order valence-corrected chi connectivity index (χ3v) is 8.86. The van der Waals surface area contributed by atoms with Gasteiger partial charge in [-0.2, -0.15) is 0 Å². The second-order valence-electron chi connectivity index (χ2n) is 9.96. The minimum absolute atomic E-state index is 0.0708. The normalized spacial score (nSPS) is 16.3. The molecule has 4 aromatic rings. The molecule has 2 atom stereocenters. The summed E-state index contributed by atoms with van der Waals surface area (Å²) in [4.78, 5) is 5.08. The van der Waals surface area contributed by atoms with E-state index in [-0.39, 0.29) is 21.3 Å². The molecule has 0 spiro atoms. The lowest BCUT2D eigenvalue weighted by molar-refractivity contribution is 0.155. The number of aliphatic hydroxyl groups excluding tert-OH is 1. The Hall–Kier alpha value is -3.42. The van der Waals surface area contributed by atoms with E-state index in [0.29, 0.717) is 40.8 Å². The van der Waals surface area contributed by atoms with E-state index in [2.05, 4.69) is 0 Å². The van der Waals surface area contributed by atoms with Crippen molar-refractivity contribution in [2.75, 3.05) is 0 Å². The van der Waals surface area contributed by atoms with Crippen molar-refractivity contribution >= 4 is 9.84 Å². The molecule has 2 unspecified atom stereocenters. The fourth-order valence-electron chi connectivity index (χ4n) is 5.18. The number of nitrogens with zero attached hydrogens (tertiary/aromatic N) is 1. The van der Waals surface area contributed by atoms with E-state index in [1.807, 2.05) is 13.8 Å². The van der Waals surface area contributed by atoms with Crippen LogP contribution in [0.25, 0.3) is 11.1 Å². The van der Waals surface area contributed by atoms with Crippen LogP contribution in [0.5, 0.6) is 0 Å². The molecule has 1 aliphatic rings. The molecule has 38 heavy (non-hydrogen) atoms. The van der Waals surface area contributed by atoms with Gasteiger partial charge in [-0.1, -0.05) is 56.3 Å². The maximum absolute atomic E-state index is 16.6. The highest BCUT2D eigenvalue weighted by molar-refractivity contribution is 7.91. The molecule has 1 aliphatic carbocycles. The summed E-state index contributed by atoms with van der Waals surface area (Å²) in [5.74, 6) is -0.528. The third kappa shape index (κ3) is 4.76. The summed E-state index contributed by atoms with van der Waals surface area (Å²) in [6.45, 7) is 3.88. The Labute approximate surface area is 221 Å². The zero-order chi connectivity index (χ0) is 27.0. The zero-order valence-electron chi connectivity index (χ0n) is 21.2. The van der Waals surface area contributed by atoms with Crippen molar-refractivity contribution < 1.29 is 22.3 Å². The predicted molar refractivity (Wildman–Crippen MR) is 143 cm³/mol. The van der Waals surface area contributed by atoms with Gasteiger partial charge < -0.3 is 5.11 Å². The molecular formula is C31H29F2NO3S. The molecule has 0 aliphatic heterocycles. The summed E-state index contributed by atoms with van der Waals surface area (Å²) < 4.78 is 56.5. The number of fused-ring (bicyclic) bond motifs is 1. The monoisotopic (exact) mass is 533 g/mol. The second-order valence-corrected chi connectivity index (χ2v) is 11.9. The molecule has 1 aromatic heterocycles. The zero-order valence-corrected chi connectivity index (χ0v) is 22.1. The highest BCUT2D eigenvalue weighted by Crippen LogP contribution is 2.46. The average Bonchev–Trinajstić information content (AvgIpc) is 2.93. The molecule has 7 heteroatoms. The van der Waals surface area contributed by atoms with Crippen molar-refractivity contribution in [1.29, 1.82) is 0 Å². The number of halogens is 2. The number of hydrogen-bond donors (Lipinski definition) is 1. The van der Waals surface area contributed by atoms with E-state index in [9.17, 15) is 17.9 Å². The second kappa shape index (κ2) is 10.4. The van der Waals surface area contributed by atoms with Gasteiger partial charge in [0.15, 0.2) is 6.17 Å². The van der Waals surface area contributed by atoms with Crippen LogP contribution in [0.3, 0.4) is 0 Å². The lowest BCUT2D eigenvalue weighted by Crippen LogP contribution is -2.18. The molecule has 3 aromatic carbocycles. The molecule has 0 saturated carbocycles. The predicted octanol–water partition coefficient (Wildman–Crippen LogP) is 7.27. The fraction of sp³-hybridized carbons (Fsp3) is 0.258. The Kier molecular flexibility index (Phi) is 7.16. The molecule has 0 saturated heterocycles. The first kappa shape index (κ1) is 26.2. The van der Waals surface area contributed by atoms with Crippen LogP contribution < -0.4 is 0 Å². The molecule has 4 nitrogen and oxygen atoms in total. The first-order valence-corrected chi connectivity index (χ1v) is 14.2. The lowest BCUT2D eigenvalue weighted by atomic mass is 9.80. The number of aromatic nitrogens is 1. The number of rotatable bonds is 6. The van der Waals surface area contributed by atoms with Crippen molar-refractivity contribution in [3.05, 3.63) is 113 Å². The van der Waals surface area contributed by atoms with Crippen molar-refractivity contribution in [3.8, 4) is 11.1 Å². The van der Waals surface area contributed by atoms with Gasteiger partial charge in [0.1, 0.15) is 5.82 Å². The Morgan fingerprint density at radius 1 is 0.921 bits per heavy atom. The van der Waals surface area contributed by atoms with E-state index in [1.165, 1.54) is 48.5 Å². The van der Waals surface area contributed by atoms with E-state index in [0.717, 1.165) is 12.1 Å². The molecule has 196 valence electrons. The third-order valence-electron chi connectivity index (χ3n) is 7.08. The van der Waals surface area contributed by atoms with E-state index in [1.54, 1.807) is 30.3 Å². The van der Waals surface area contributed by atoms with Crippen LogP contribution in [0.4, 0.5) is 8.78 Å².